The molecule has 0 bridgehead atoms. The van der Waals surface area contributed by atoms with E-state index < -0.39 is 6.10 Å². The van der Waals surface area contributed by atoms with Gasteiger partial charge >= 0.3 is 11.9 Å². The van der Waals surface area contributed by atoms with E-state index in [2.05, 4.69) is 123 Å². The van der Waals surface area contributed by atoms with Crippen LogP contribution < -0.4 is 0 Å². The van der Waals surface area contributed by atoms with E-state index in [1.807, 2.05) is 0 Å². The predicted octanol–water partition coefficient (Wildman–Crippen LogP) is 16.6. The molecule has 0 spiro atoms. The zero-order chi connectivity index (χ0) is 44.2. The Hall–Kier alpha value is -3.44. The number of rotatable bonds is 44. The van der Waals surface area contributed by atoms with Crippen LogP contribution in [-0.2, 0) is 19.1 Å². The average molecular weight is 845 g/mol. The number of ether oxygens (including phenoxy) is 2. The molecule has 0 aromatic rings. The molecule has 0 aliphatic carbocycles. The second kappa shape index (κ2) is 50.9. The van der Waals surface area contributed by atoms with Crippen LogP contribution in [0.4, 0.5) is 0 Å². The lowest BCUT2D eigenvalue weighted by molar-refractivity contribution is -0.161. The van der Waals surface area contributed by atoms with Gasteiger partial charge in [-0.3, -0.25) is 9.59 Å². The van der Waals surface area contributed by atoms with Crippen molar-refractivity contribution < 1.29 is 24.2 Å². The summed E-state index contributed by atoms with van der Waals surface area (Å²) < 4.78 is 10.6. The quantitative estimate of drug-likeness (QED) is 0.0376. The fraction of sp³-hybridized carbons (Fsp3) is 0.643. The third-order valence-corrected chi connectivity index (χ3v) is 10.3. The molecule has 61 heavy (non-hydrogen) atoms. The van der Waals surface area contributed by atoms with Crippen LogP contribution in [0, 0.1) is 0 Å². The third kappa shape index (κ3) is 49.1. The molecule has 1 unspecified atom stereocenters. The van der Waals surface area contributed by atoms with Gasteiger partial charge in [0.05, 0.1) is 6.61 Å². The van der Waals surface area contributed by atoms with E-state index in [1.54, 1.807) is 0 Å². The first-order valence-corrected chi connectivity index (χ1v) is 24.9. The average Bonchev–Trinajstić information content (AvgIpc) is 3.26. The van der Waals surface area contributed by atoms with Crippen LogP contribution in [0.15, 0.2) is 109 Å². The summed E-state index contributed by atoms with van der Waals surface area (Å²) >= 11 is 0. The number of allylic oxidation sites excluding steroid dienone is 18. The third-order valence-electron chi connectivity index (χ3n) is 10.3. The molecule has 0 saturated heterocycles. The van der Waals surface area contributed by atoms with Gasteiger partial charge in [0.2, 0.25) is 0 Å². The minimum absolute atomic E-state index is 0.0697. The zero-order valence-electron chi connectivity index (χ0n) is 39.4. The number of hydrogen-bond acceptors (Lipinski definition) is 5. The predicted molar refractivity (Wildman–Crippen MR) is 265 cm³/mol. The number of aliphatic hydroxyl groups excluding tert-OH is 1. The van der Waals surface area contributed by atoms with Crippen molar-refractivity contribution >= 4 is 11.9 Å². The van der Waals surface area contributed by atoms with Crippen molar-refractivity contribution in [2.45, 2.75) is 219 Å². The Balaban J connectivity index is 3.55. The van der Waals surface area contributed by atoms with E-state index in [0.29, 0.717) is 12.8 Å². The summed E-state index contributed by atoms with van der Waals surface area (Å²) in [7, 11) is 0. The molecule has 5 nitrogen and oxygen atoms in total. The van der Waals surface area contributed by atoms with Crippen LogP contribution in [0.1, 0.15) is 213 Å². The number of aliphatic hydroxyl groups is 1. The van der Waals surface area contributed by atoms with Crippen molar-refractivity contribution in [3.05, 3.63) is 109 Å². The monoisotopic (exact) mass is 845 g/mol. The lowest BCUT2D eigenvalue weighted by Crippen LogP contribution is -2.28. The lowest BCUT2D eigenvalue weighted by Gasteiger charge is -2.15. The molecule has 5 heteroatoms. The van der Waals surface area contributed by atoms with Crippen molar-refractivity contribution in [2.75, 3.05) is 13.2 Å². The number of esters is 2. The molecule has 0 aliphatic rings. The van der Waals surface area contributed by atoms with E-state index in [0.717, 1.165) is 96.3 Å². The SMILES string of the molecule is CC/C=C\C/C=C\C/C=C\C/C=C\C/C=C\C/C=C\C/C=C\C/C=C\C/C=C\CCCCCCCCCCCCCC(=O)OC(CO)COC(=O)CCCCCCCCCC. The molecular formula is C56H92O5. The molecule has 0 amide bonds. The molecule has 346 valence electrons. The minimum atomic E-state index is -0.774. The van der Waals surface area contributed by atoms with Crippen LogP contribution in [-0.4, -0.2) is 36.4 Å². The largest absolute Gasteiger partial charge is 0.462 e. The van der Waals surface area contributed by atoms with Crippen LogP contribution >= 0.6 is 0 Å². The van der Waals surface area contributed by atoms with Gasteiger partial charge in [-0.05, 0) is 83.5 Å². The Morgan fingerprint density at radius 1 is 0.393 bits per heavy atom. The maximum Gasteiger partial charge on any atom is 0.306 e. The minimum Gasteiger partial charge on any atom is -0.462 e. The Morgan fingerprint density at radius 3 is 1.07 bits per heavy atom. The summed E-state index contributed by atoms with van der Waals surface area (Å²) in [6.07, 6.45) is 73.5. The molecule has 0 aliphatic heterocycles. The summed E-state index contributed by atoms with van der Waals surface area (Å²) in [5.74, 6) is -0.603. The van der Waals surface area contributed by atoms with E-state index in [1.165, 1.54) is 89.9 Å². The van der Waals surface area contributed by atoms with Gasteiger partial charge in [0.15, 0.2) is 6.10 Å². The van der Waals surface area contributed by atoms with Crippen molar-refractivity contribution in [3.8, 4) is 0 Å². The van der Waals surface area contributed by atoms with Gasteiger partial charge in [-0.2, -0.15) is 0 Å². The fourth-order valence-electron chi connectivity index (χ4n) is 6.61. The fourth-order valence-corrected chi connectivity index (χ4v) is 6.61. The standard InChI is InChI=1S/C56H92O5/c1-3-5-7-9-11-13-14-15-16-17-18-19-20-21-22-23-24-25-26-27-28-29-30-31-32-33-34-35-36-37-38-39-40-41-42-43-45-47-49-51-56(59)61-54(52-57)53-60-55(58)50-48-46-44-12-10-8-6-4-2/h5,7,11,13,15-16,18-19,21-22,24-25,27-28,30-31,33-34,54,57H,3-4,6,8-10,12,14,17,20,23,26,29,32,35-53H2,1-2H3/b7-5-,13-11-,16-15-,19-18-,22-21-,25-24-,28-27-,31-30-,34-33-. The van der Waals surface area contributed by atoms with Gasteiger partial charge < -0.3 is 14.6 Å². The molecule has 0 aromatic carbocycles. The van der Waals surface area contributed by atoms with E-state index in [4.69, 9.17) is 9.47 Å². The Kier molecular flexibility index (Phi) is 48.0. The highest BCUT2D eigenvalue weighted by Gasteiger charge is 2.16. The number of unbranched alkanes of at least 4 members (excludes halogenated alkanes) is 18. The maximum absolute atomic E-state index is 12.2. The molecular weight excluding hydrogens is 753 g/mol. The highest BCUT2D eigenvalue weighted by Crippen LogP contribution is 2.14. The van der Waals surface area contributed by atoms with Crippen molar-refractivity contribution in [1.29, 1.82) is 0 Å². The first-order chi connectivity index (χ1) is 30.1. The van der Waals surface area contributed by atoms with E-state index in [-0.39, 0.29) is 25.2 Å². The molecule has 0 rings (SSSR count). The highest BCUT2D eigenvalue weighted by atomic mass is 16.6. The molecule has 0 radical (unpaired) electrons. The summed E-state index contributed by atoms with van der Waals surface area (Å²) in [5, 5.41) is 9.55. The normalized spacial score (nSPS) is 13.2. The first-order valence-electron chi connectivity index (χ1n) is 24.9. The van der Waals surface area contributed by atoms with Crippen LogP contribution in [0.3, 0.4) is 0 Å². The van der Waals surface area contributed by atoms with Crippen LogP contribution in [0.25, 0.3) is 0 Å². The lowest BCUT2D eigenvalue weighted by atomic mass is 10.0. The maximum atomic E-state index is 12.2. The van der Waals surface area contributed by atoms with Crippen LogP contribution in [0.2, 0.25) is 0 Å². The van der Waals surface area contributed by atoms with Gasteiger partial charge in [-0.15, -0.1) is 0 Å². The number of carbonyl (C=O) groups excluding carboxylic acids is 2. The number of hydrogen-bond donors (Lipinski definition) is 1. The summed E-state index contributed by atoms with van der Waals surface area (Å²) in [6, 6.07) is 0. The van der Waals surface area contributed by atoms with Gasteiger partial charge in [0.25, 0.3) is 0 Å². The molecule has 0 fully saturated rings. The van der Waals surface area contributed by atoms with Gasteiger partial charge in [-0.1, -0.05) is 226 Å². The molecule has 1 N–H and O–H groups in total. The molecule has 1 atom stereocenters. The summed E-state index contributed by atoms with van der Waals surface area (Å²) in [5.41, 5.74) is 0. The highest BCUT2D eigenvalue weighted by molar-refractivity contribution is 5.70. The smallest absolute Gasteiger partial charge is 0.306 e. The van der Waals surface area contributed by atoms with Gasteiger partial charge in [0.1, 0.15) is 6.61 Å². The second-order valence-electron chi connectivity index (χ2n) is 16.2. The number of carbonyl (C=O) groups is 2. The topological polar surface area (TPSA) is 72.8 Å². The van der Waals surface area contributed by atoms with Crippen LogP contribution in [0.5, 0.6) is 0 Å². The van der Waals surface area contributed by atoms with E-state index in [9.17, 15) is 14.7 Å². The summed E-state index contributed by atoms with van der Waals surface area (Å²) in [6.45, 7) is 3.98. The Bertz CT molecular complexity index is 1230. The Morgan fingerprint density at radius 2 is 0.705 bits per heavy atom. The zero-order valence-corrected chi connectivity index (χ0v) is 39.4. The molecule has 0 saturated carbocycles. The molecule has 0 heterocycles. The van der Waals surface area contributed by atoms with Gasteiger partial charge in [0, 0.05) is 12.8 Å². The second-order valence-corrected chi connectivity index (χ2v) is 16.2. The van der Waals surface area contributed by atoms with Crippen molar-refractivity contribution in [2.24, 2.45) is 0 Å². The van der Waals surface area contributed by atoms with Gasteiger partial charge in [-0.25, -0.2) is 0 Å². The van der Waals surface area contributed by atoms with Crippen molar-refractivity contribution in [1.82, 2.24) is 0 Å². The Labute approximate surface area is 376 Å². The van der Waals surface area contributed by atoms with E-state index >= 15 is 0 Å². The molecule has 0 aromatic heterocycles. The first kappa shape index (κ1) is 57.6. The van der Waals surface area contributed by atoms with Crippen molar-refractivity contribution in [3.63, 3.8) is 0 Å². The summed E-state index contributed by atoms with van der Waals surface area (Å²) in [4.78, 5) is 24.2.